The topological polar surface area (TPSA) is 60.9 Å². The summed E-state index contributed by atoms with van der Waals surface area (Å²) < 4.78 is 0. The van der Waals surface area contributed by atoms with E-state index in [0.717, 1.165) is 34.4 Å². The van der Waals surface area contributed by atoms with E-state index in [1.54, 1.807) is 18.7 Å². The Morgan fingerprint density at radius 2 is 1.66 bits per heavy atom. The van der Waals surface area contributed by atoms with Gasteiger partial charge in [0.05, 0.1) is 0 Å². The van der Waals surface area contributed by atoms with E-state index in [0.29, 0.717) is 25.6 Å². The third-order valence-electron chi connectivity index (χ3n) is 7.01. The molecule has 4 amide bonds. The molecule has 0 aromatic heterocycles. The summed E-state index contributed by atoms with van der Waals surface area (Å²) in [4.78, 5) is 42.8. The van der Waals surface area contributed by atoms with Crippen LogP contribution in [-0.2, 0) is 17.9 Å². The summed E-state index contributed by atoms with van der Waals surface area (Å²) in [6.45, 7) is 7.77. The Kier molecular flexibility index (Phi) is 4.84. The molecule has 166 valence electrons. The SMILES string of the molecule is CCN1C(=O)N(Cc2ccc(-c3ccc4c(c3)CN(CC3CC3)C4=O)cc2)C(C)(C)C1=O. The van der Waals surface area contributed by atoms with Crippen molar-refractivity contribution in [2.24, 2.45) is 5.92 Å². The summed E-state index contributed by atoms with van der Waals surface area (Å²) in [5.74, 6) is 0.694. The number of hydrogen-bond donors (Lipinski definition) is 0. The predicted octanol–water partition coefficient (Wildman–Crippen LogP) is 4.28. The third kappa shape index (κ3) is 3.38. The molecule has 0 radical (unpaired) electrons. The number of fused-ring (bicyclic) bond motifs is 1. The molecule has 5 rings (SSSR count). The summed E-state index contributed by atoms with van der Waals surface area (Å²) in [6, 6.07) is 14.0. The van der Waals surface area contributed by atoms with E-state index in [9.17, 15) is 14.4 Å². The van der Waals surface area contributed by atoms with Crippen LogP contribution >= 0.6 is 0 Å². The van der Waals surface area contributed by atoms with Crippen molar-refractivity contribution in [2.45, 2.75) is 52.2 Å². The number of imide groups is 1. The summed E-state index contributed by atoms with van der Waals surface area (Å²) in [5, 5.41) is 0. The maximum atomic E-state index is 12.7. The lowest BCUT2D eigenvalue weighted by molar-refractivity contribution is -0.131. The number of benzene rings is 2. The molecular weight excluding hydrogens is 402 g/mol. The van der Waals surface area contributed by atoms with Crippen LogP contribution in [0.4, 0.5) is 4.79 Å². The van der Waals surface area contributed by atoms with E-state index < -0.39 is 5.54 Å². The van der Waals surface area contributed by atoms with Gasteiger partial charge in [-0.1, -0.05) is 30.3 Å². The van der Waals surface area contributed by atoms with Gasteiger partial charge in [-0.15, -0.1) is 0 Å². The molecule has 1 saturated heterocycles. The van der Waals surface area contributed by atoms with Gasteiger partial charge in [0.25, 0.3) is 11.8 Å². The van der Waals surface area contributed by atoms with Gasteiger partial charge in [0.2, 0.25) is 0 Å². The lowest BCUT2D eigenvalue weighted by Gasteiger charge is -2.27. The molecule has 32 heavy (non-hydrogen) atoms. The van der Waals surface area contributed by atoms with E-state index in [2.05, 4.69) is 6.07 Å². The molecule has 0 bridgehead atoms. The highest BCUT2D eigenvalue weighted by Gasteiger charge is 2.50. The average molecular weight is 432 g/mol. The molecule has 2 aromatic carbocycles. The molecule has 2 heterocycles. The molecule has 2 aliphatic heterocycles. The Morgan fingerprint density at radius 3 is 2.28 bits per heavy atom. The Balaban J connectivity index is 1.32. The van der Waals surface area contributed by atoms with Gasteiger partial charge in [-0.05, 0) is 73.9 Å². The first-order valence-corrected chi connectivity index (χ1v) is 11.4. The predicted molar refractivity (Wildman–Crippen MR) is 122 cm³/mol. The molecule has 6 heteroatoms. The first-order chi connectivity index (χ1) is 15.3. The zero-order chi connectivity index (χ0) is 22.6. The Labute approximate surface area is 188 Å². The molecule has 2 fully saturated rings. The van der Waals surface area contributed by atoms with Gasteiger partial charge in [0, 0.05) is 31.7 Å². The van der Waals surface area contributed by atoms with Gasteiger partial charge in [0.15, 0.2) is 0 Å². The first-order valence-electron chi connectivity index (χ1n) is 11.4. The lowest BCUT2D eigenvalue weighted by atomic mass is 9.99. The largest absolute Gasteiger partial charge is 0.334 e. The van der Waals surface area contributed by atoms with Crippen LogP contribution in [0, 0.1) is 5.92 Å². The minimum absolute atomic E-state index is 0.148. The van der Waals surface area contributed by atoms with Crippen LogP contribution in [0.2, 0.25) is 0 Å². The molecule has 3 aliphatic rings. The number of urea groups is 1. The fourth-order valence-electron chi connectivity index (χ4n) is 4.77. The molecule has 2 aromatic rings. The van der Waals surface area contributed by atoms with Gasteiger partial charge >= 0.3 is 6.03 Å². The second kappa shape index (κ2) is 7.47. The van der Waals surface area contributed by atoms with Crippen LogP contribution in [0.5, 0.6) is 0 Å². The lowest BCUT2D eigenvalue weighted by Crippen LogP contribution is -2.43. The zero-order valence-electron chi connectivity index (χ0n) is 18.9. The number of carbonyl (C=O) groups is 3. The van der Waals surface area contributed by atoms with Crippen LogP contribution in [0.25, 0.3) is 11.1 Å². The van der Waals surface area contributed by atoms with Crippen LogP contribution in [0.1, 0.15) is 55.1 Å². The molecule has 0 unspecified atom stereocenters. The highest BCUT2D eigenvalue weighted by molar-refractivity contribution is 6.06. The van der Waals surface area contributed by atoms with Gasteiger partial charge in [0.1, 0.15) is 5.54 Å². The molecule has 1 saturated carbocycles. The second-order valence-corrected chi connectivity index (χ2v) is 9.68. The molecule has 0 spiro atoms. The fourth-order valence-corrected chi connectivity index (χ4v) is 4.77. The summed E-state index contributed by atoms with van der Waals surface area (Å²) >= 11 is 0. The molecule has 1 aliphatic carbocycles. The standard InChI is InChI=1S/C26H29N3O3/c1-4-28-24(31)26(2,3)29(25(28)32)15-18-7-9-19(10-8-18)20-11-12-22-21(13-20)16-27(23(22)30)14-17-5-6-17/h7-13,17H,4-6,14-16H2,1-3H3. The van der Waals surface area contributed by atoms with Crippen molar-refractivity contribution in [3.8, 4) is 11.1 Å². The van der Waals surface area contributed by atoms with Gasteiger partial charge in [-0.3, -0.25) is 14.5 Å². The van der Waals surface area contributed by atoms with Crippen LogP contribution in [0.15, 0.2) is 42.5 Å². The van der Waals surface area contributed by atoms with E-state index in [-0.39, 0.29) is 17.8 Å². The number of rotatable bonds is 6. The van der Waals surface area contributed by atoms with Crippen LogP contribution < -0.4 is 0 Å². The van der Waals surface area contributed by atoms with Gasteiger partial charge < -0.3 is 9.80 Å². The van der Waals surface area contributed by atoms with Crippen molar-refractivity contribution in [2.75, 3.05) is 13.1 Å². The maximum Gasteiger partial charge on any atom is 0.327 e. The third-order valence-corrected chi connectivity index (χ3v) is 7.01. The second-order valence-electron chi connectivity index (χ2n) is 9.68. The Morgan fingerprint density at radius 1 is 0.969 bits per heavy atom. The number of amides is 4. The van der Waals surface area contributed by atoms with E-state index in [4.69, 9.17) is 0 Å². The van der Waals surface area contributed by atoms with Gasteiger partial charge in [-0.25, -0.2) is 4.79 Å². The van der Waals surface area contributed by atoms with E-state index in [1.807, 2.05) is 48.2 Å². The minimum atomic E-state index is -0.843. The normalized spacial score (nSPS) is 19.8. The summed E-state index contributed by atoms with van der Waals surface area (Å²) in [7, 11) is 0. The molecule has 6 nitrogen and oxygen atoms in total. The van der Waals surface area contributed by atoms with Crippen molar-refractivity contribution >= 4 is 17.8 Å². The Hall–Kier alpha value is -3.15. The molecule has 0 atom stereocenters. The number of carbonyl (C=O) groups excluding carboxylic acids is 3. The number of likely N-dealkylation sites (N-methyl/N-ethyl adjacent to an activating group) is 1. The monoisotopic (exact) mass is 431 g/mol. The van der Waals surface area contributed by atoms with Crippen molar-refractivity contribution in [3.63, 3.8) is 0 Å². The fraction of sp³-hybridized carbons (Fsp3) is 0.423. The number of hydrogen-bond acceptors (Lipinski definition) is 3. The highest BCUT2D eigenvalue weighted by atomic mass is 16.2. The van der Waals surface area contributed by atoms with Crippen LogP contribution in [0.3, 0.4) is 0 Å². The maximum absolute atomic E-state index is 12.7. The summed E-state index contributed by atoms with van der Waals surface area (Å²) in [6.07, 6.45) is 2.48. The average Bonchev–Trinajstić information content (AvgIpc) is 3.52. The van der Waals surface area contributed by atoms with E-state index in [1.165, 1.54) is 17.7 Å². The molecule has 0 N–H and O–H groups in total. The first kappa shape index (κ1) is 20.7. The zero-order valence-corrected chi connectivity index (χ0v) is 18.9. The quantitative estimate of drug-likeness (QED) is 0.642. The van der Waals surface area contributed by atoms with Crippen molar-refractivity contribution in [3.05, 3.63) is 59.2 Å². The Bertz CT molecular complexity index is 1100. The van der Waals surface area contributed by atoms with Gasteiger partial charge in [-0.2, -0.15) is 0 Å². The number of nitrogens with zero attached hydrogens (tertiary/aromatic N) is 3. The summed E-state index contributed by atoms with van der Waals surface area (Å²) in [5.41, 5.74) is 4.22. The van der Waals surface area contributed by atoms with Crippen molar-refractivity contribution in [1.82, 2.24) is 14.7 Å². The van der Waals surface area contributed by atoms with E-state index >= 15 is 0 Å². The minimum Gasteiger partial charge on any atom is -0.334 e. The van der Waals surface area contributed by atoms with Crippen molar-refractivity contribution < 1.29 is 14.4 Å². The molecular formula is C26H29N3O3. The highest BCUT2D eigenvalue weighted by Crippen LogP contribution is 2.35. The smallest absolute Gasteiger partial charge is 0.327 e. The van der Waals surface area contributed by atoms with Crippen LogP contribution in [-0.4, -0.2) is 51.2 Å². The van der Waals surface area contributed by atoms with Crippen molar-refractivity contribution in [1.29, 1.82) is 0 Å².